The molecule has 0 N–H and O–H groups in total. The van der Waals surface area contributed by atoms with E-state index in [1.807, 2.05) is 42.5 Å². The van der Waals surface area contributed by atoms with Gasteiger partial charge in [-0.25, -0.2) is 0 Å². The van der Waals surface area contributed by atoms with Gasteiger partial charge in [0.05, 0.1) is 18.7 Å². The van der Waals surface area contributed by atoms with Gasteiger partial charge < -0.3 is 9.47 Å². The van der Waals surface area contributed by atoms with Crippen molar-refractivity contribution in [1.82, 2.24) is 0 Å². The van der Waals surface area contributed by atoms with Crippen LogP contribution in [0.3, 0.4) is 0 Å². The van der Waals surface area contributed by atoms with Crippen LogP contribution in [0.5, 0.6) is 11.5 Å². The molecule has 0 heterocycles. The summed E-state index contributed by atoms with van der Waals surface area (Å²) in [6, 6.07) is 17.2. The zero-order valence-corrected chi connectivity index (χ0v) is 11.2. The topological polar surface area (TPSA) is 42.2 Å². The number of rotatable bonds is 5. The summed E-state index contributed by atoms with van der Waals surface area (Å²) in [7, 11) is 1.56. The monoisotopic (exact) mass is 265 g/mol. The third-order valence-electron chi connectivity index (χ3n) is 2.74. The van der Waals surface area contributed by atoms with Crippen LogP contribution in [-0.2, 0) is 0 Å². The number of methoxy groups -OCH3 is 1. The molecule has 2 rings (SSSR count). The van der Waals surface area contributed by atoms with Gasteiger partial charge in [0.2, 0.25) is 0 Å². The normalized spacial score (nSPS) is 10.2. The first-order chi connectivity index (χ1) is 9.83. The molecule has 0 aliphatic heterocycles. The highest BCUT2D eigenvalue weighted by Crippen LogP contribution is 2.27. The molecule has 2 aromatic rings. The van der Waals surface area contributed by atoms with Crippen LogP contribution in [-0.4, -0.2) is 13.7 Å². The first-order valence-corrected chi connectivity index (χ1v) is 6.26. The molecule has 0 bridgehead atoms. The van der Waals surface area contributed by atoms with E-state index >= 15 is 0 Å². The molecular weight excluding hydrogens is 250 g/mol. The molecule has 0 amide bonds. The first kappa shape index (κ1) is 13.7. The SMILES string of the molecule is COc1cc(C#N)ccc1OCC=Cc1ccccc1. The van der Waals surface area contributed by atoms with Crippen molar-refractivity contribution in [2.45, 2.75) is 0 Å². The summed E-state index contributed by atoms with van der Waals surface area (Å²) < 4.78 is 10.8. The van der Waals surface area contributed by atoms with Crippen LogP contribution in [0.4, 0.5) is 0 Å². The molecule has 3 heteroatoms. The van der Waals surface area contributed by atoms with Crippen molar-refractivity contribution >= 4 is 6.08 Å². The van der Waals surface area contributed by atoms with E-state index in [9.17, 15) is 0 Å². The maximum atomic E-state index is 8.83. The highest BCUT2D eigenvalue weighted by atomic mass is 16.5. The Morgan fingerprint density at radius 2 is 1.90 bits per heavy atom. The molecule has 0 unspecified atom stereocenters. The molecule has 20 heavy (non-hydrogen) atoms. The van der Waals surface area contributed by atoms with Gasteiger partial charge in [-0.2, -0.15) is 5.26 Å². The van der Waals surface area contributed by atoms with Gasteiger partial charge in [0, 0.05) is 6.07 Å². The standard InChI is InChI=1S/C17H15NO2/c1-19-17-12-15(13-18)9-10-16(17)20-11-5-8-14-6-3-2-4-7-14/h2-10,12H,11H2,1H3. The van der Waals surface area contributed by atoms with E-state index in [0.29, 0.717) is 23.7 Å². The number of nitrogens with zero attached hydrogens (tertiary/aromatic N) is 1. The second kappa shape index (κ2) is 7.01. The molecule has 0 aliphatic carbocycles. The van der Waals surface area contributed by atoms with Gasteiger partial charge in [0.25, 0.3) is 0 Å². The lowest BCUT2D eigenvalue weighted by Crippen LogP contribution is -1.96. The molecule has 0 saturated carbocycles. The van der Waals surface area contributed by atoms with E-state index in [0.717, 1.165) is 5.56 Å². The molecule has 0 spiro atoms. The molecule has 100 valence electrons. The highest BCUT2D eigenvalue weighted by Gasteiger charge is 2.04. The third kappa shape index (κ3) is 3.63. The number of nitriles is 1. The van der Waals surface area contributed by atoms with Gasteiger partial charge in [-0.1, -0.05) is 36.4 Å². The Morgan fingerprint density at radius 1 is 1.10 bits per heavy atom. The Bertz CT molecular complexity index is 627. The number of benzene rings is 2. The van der Waals surface area contributed by atoms with Crippen LogP contribution < -0.4 is 9.47 Å². The van der Waals surface area contributed by atoms with Gasteiger partial charge in [0.1, 0.15) is 6.61 Å². The van der Waals surface area contributed by atoms with Crippen molar-refractivity contribution < 1.29 is 9.47 Å². The fourth-order valence-corrected chi connectivity index (χ4v) is 1.74. The Balaban J connectivity index is 1.98. The minimum Gasteiger partial charge on any atom is -0.493 e. The van der Waals surface area contributed by atoms with Gasteiger partial charge >= 0.3 is 0 Å². The largest absolute Gasteiger partial charge is 0.493 e. The van der Waals surface area contributed by atoms with Gasteiger partial charge in [-0.15, -0.1) is 0 Å². The van der Waals surface area contributed by atoms with E-state index in [4.69, 9.17) is 14.7 Å². The van der Waals surface area contributed by atoms with Crippen LogP contribution in [0, 0.1) is 11.3 Å². The highest BCUT2D eigenvalue weighted by molar-refractivity contribution is 5.49. The van der Waals surface area contributed by atoms with Crippen molar-refractivity contribution in [3.8, 4) is 17.6 Å². The zero-order valence-electron chi connectivity index (χ0n) is 11.2. The van der Waals surface area contributed by atoms with Crippen molar-refractivity contribution in [3.63, 3.8) is 0 Å². The number of hydrogen-bond donors (Lipinski definition) is 0. The summed E-state index contributed by atoms with van der Waals surface area (Å²) in [6.45, 7) is 0.442. The summed E-state index contributed by atoms with van der Waals surface area (Å²) >= 11 is 0. The van der Waals surface area contributed by atoms with E-state index in [2.05, 4.69) is 6.07 Å². The molecule has 0 radical (unpaired) electrons. The van der Waals surface area contributed by atoms with E-state index in [1.54, 1.807) is 25.3 Å². The molecule has 2 aromatic carbocycles. The lowest BCUT2D eigenvalue weighted by atomic mass is 10.2. The molecule has 0 saturated heterocycles. The zero-order chi connectivity index (χ0) is 14.2. The van der Waals surface area contributed by atoms with Gasteiger partial charge in [0.15, 0.2) is 11.5 Å². The minimum absolute atomic E-state index is 0.442. The van der Waals surface area contributed by atoms with E-state index in [-0.39, 0.29) is 0 Å². The molecular formula is C17H15NO2. The van der Waals surface area contributed by atoms with Crippen molar-refractivity contribution in [2.24, 2.45) is 0 Å². The molecule has 0 aliphatic rings. The summed E-state index contributed by atoms with van der Waals surface area (Å²) in [6.07, 6.45) is 3.93. The van der Waals surface area contributed by atoms with Crippen molar-refractivity contribution in [2.75, 3.05) is 13.7 Å². The molecule has 0 atom stereocenters. The van der Waals surface area contributed by atoms with Crippen LogP contribution in [0.25, 0.3) is 6.08 Å². The third-order valence-corrected chi connectivity index (χ3v) is 2.74. The molecule has 3 nitrogen and oxygen atoms in total. The summed E-state index contributed by atoms with van der Waals surface area (Å²) in [5, 5.41) is 8.83. The van der Waals surface area contributed by atoms with Crippen LogP contribution in [0.2, 0.25) is 0 Å². The summed E-state index contributed by atoms with van der Waals surface area (Å²) in [5.41, 5.74) is 1.68. The lowest BCUT2D eigenvalue weighted by molar-refractivity contribution is 0.326. The van der Waals surface area contributed by atoms with Gasteiger partial charge in [-0.05, 0) is 23.8 Å². The van der Waals surface area contributed by atoms with E-state index in [1.165, 1.54) is 0 Å². The molecule has 0 aromatic heterocycles. The quantitative estimate of drug-likeness (QED) is 0.828. The van der Waals surface area contributed by atoms with Crippen molar-refractivity contribution in [3.05, 3.63) is 65.7 Å². The fraction of sp³-hybridized carbons (Fsp3) is 0.118. The number of ether oxygens (including phenoxy) is 2. The second-order valence-electron chi connectivity index (χ2n) is 4.10. The second-order valence-corrected chi connectivity index (χ2v) is 4.10. The van der Waals surface area contributed by atoms with E-state index < -0.39 is 0 Å². The van der Waals surface area contributed by atoms with Crippen molar-refractivity contribution in [1.29, 1.82) is 5.26 Å². The predicted octanol–water partition coefficient (Wildman–Crippen LogP) is 3.66. The fourth-order valence-electron chi connectivity index (χ4n) is 1.74. The van der Waals surface area contributed by atoms with Crippen LogP contribution in [0.1, 0.15) is 11.1 Å². The van der Waals surface area contributed by atoms with Gasteiger partial charge in [-0.3, -0.25) is 0 Å². The smallest absolute Gasteiger partial charge is 0.162 e. The Morgan fingerprint density at radius 3 is 2.60 bits per heavy atom. The predicted molar refractivity (Wildman–Crippen MR) is 78.7 cm³/mol. The molecule has 0 fully saturated rings. The Kier molecular flexibility index (Phi) is 4.80. The Labute approximate surface area is 118 Å². The average Bonchev–Trinajstić information content (AvgIpc) is 2.52. The first-order valence-electron chi connectivity index (χ1n) is 6.26. The van der Waals surface area contributed by atoms with Crippen LogP contribution in [0.15, 0.2) is 54.6 Å². The minimum atomic E-state index is 0.442. The maximum Gasteiger partial charge on any atom is 0.162 e. The summed E-state index contributed by atoms with van der Waals surface area (Å²) in [4.78, 5) is 0. The van der Waals surface area contributed by atoms with Crippen LogP contribution >= 0.6 is 0 Å². The maximum absolute atomic E-state index is 8.83. The lowest BCUT2D eigenvalue weighted by Gasteiger charge is -2.09. The Hall–Kier alpha value is -2.73. The number of hydrogen-bond acceptors (Lipinski definition) is 3. The average molecular weight is 265 g/mol. The summed E-state index contributed by atoms with van der Waals surface area (Å²) in [5.74, 6) is 1.20.